The normalized spacial score (nSPS) is 35.0. The summed E-state index contributed by atoms with van der Waals surface area (Å²) in [6, 6.07) is 1.50. The van der Waals surface area contributed by atoms with E-state index >= 15 is 0 Å². The first kappa shape index (κ1) is 13.2. The van der Waals surface area contributed by atoms with Gasteiger partial charge >= 0.3 is 0 Å². The Morgan fingerprint density at radius 3 is 3.24 bits per heavy atom. The second kappa shape index (κ2) is 5.05. The summed E-state index contributed by atoms with van der Waals surface area (Å²) in [7, 11) is 0. The van der Waals surface area contributed by atoms with E-state index in [2.05, 4.69) is 46.3 Å². The van der Waals surface area contributed by atoms with Gasteiger partial charge in [0.1, 0.15) is 0 Å². The van der Waals surface area contributed by atoms with Gasteiger partial charge in [-0.2, -0.15) is 0 Å². The van der Waals surface area contributed by atoms with Crippen LogP contribution in [0.15, 0.2) is 35.2 Å². The van der Waals surface area contributed by atoms with Crippen LogP contribution in [0.25, 0.3) is 0 Å². The molecule has 0 amide bonds. The van der Waals surface area contributed by atoms with Crippen molar-refractivity contribution in [2.45, 2.75) is 44.3 Å². The van der Waals surface area contributed by atoms with Crippen molar-refractivity contribution in [2.24, 2.45) is 0 Å². The lowest BCUT2D eigenvalue weighted by Gasteiger charge is -2.50. The third-order valence-corrected chi connectivity index (χ3v) is 5.39. The number of rotatable bonds is 1. The molecular formula is C18H23N3. The Kier molecular flexibility index (Phi) is 3.17. The molecule has 1 saturated heterocycles. The van der Waals surface area contributed by atoms with Gasteiger partial charge in [-0.15, -0.1) is 6.42 Å². The van der Waals surface area contributed by atoms with Crippen LogP contribution in [0, 0.1) is 12.3 Å². The van der Waals surface area contributed by atoms with Crippen LogP contribution in [0.4, 0.5) is 0 Å². The van der Waals surface area contributed by atoms with Gasteiger partial charge < -0.3 is 10.2 Å². The van der Waals surface area contributed by atoms with E-state index in [1.807, 2.05) is 0 Å². The minimum absolute atomic E-state index is 0.457. The van der Waals surface area contributed by atoms with Crippen LogP contribution in [-0.4, -0.2) is 47.6 Å². The summed E-state index contributed by atoms with van der Waals surface area (Å²) in [5.74, 6) is 2.86. The van der Waals surface area contributed by atoms with E-state index in [9.17, 15) is 0 Å². The minimum Gasteiger partial charge on any atom is -0.343 e. The van der Waals surface area contributed by atoms with E-state index in [0.717, 1.165) is 19.6 Å². The Balaban J connectivity index is 1.71. The molecule has 1 N–H and O–H groups in total. The monoisotopic (exact) mass is 281 g/mol. The van der Waals surface area contributed by atoms with Gasteiger partial charge in [0, 0.05) is 31.0 Å². The van der Waals surface area contributed by atoms with Crippen LogP contribution >= 0.6 is 0 Å². The lowest BCUT2D eigenvalue weighted by Crippen LogP contribution is -2.66. The molecule has 0 radical (unpaired) electrons. The Morgan fingerprint density at radius 2 is 2.38 bits per heavy atom. The van der Waals surface area contributed by atoms with Gasteiger partial charge in [-0.05, 0) is 43.4 Å². The van der Waals surface area contributed by atoms with E-state index in [-0.39, 0.29) is 0 Å². The highest BCUT2D eigenvalue weighted by Gasteiger charge is 2.46. The second-order valence-corrected chi connectivity index (χ2v) is 6.58. The van der Waals surface area contributed by atoms with Gasteiger partial charge in [0.05, 0.1) is 18.6 Å². The molecule has 0 aromatic carbocycles. The molecule has 4 rings (SSSR count). The third-order valence-electron chi connectivity index (χ3n) is 5.39. The third kappa shape index (κ3) is 1.97. The minimum atomic E-state index is 0.457. The average molecular weight is 281 g/mol. The topological polar surface area (TPSA) is 18.5 Å². The SMILES string of the molecule is C#CCN1CCNC2C(C)=CN3C4=C(CCC=C4)C[C@H]3[C@@H]21. The van der Waals surface area contributed by atoms with Crippen LogP contribution in [0.3, 0.4) is 0 Å². The largest absolute Gasteiger partial charge is 0.343 e. The van der Waals surface area contributed by atoms with Crippen LogP contribution in [-0.2, 0) is 0 Å². The number of nitrogens with zero attached hydrogens (tertiary/aromatic N) is 2. The highest BCUT2D eigenvalue weighted by Crippen LogP contribution is 2.42. The first-order valence-electron chi connectivity index (χ1n) is 8.05. The fourth-order valence-electron chi connectivity index (χ4n) is 4.50. The lowest BCUT2D eigenvalue weighted by molar-refractivity contribution is 0.0789. The predicted octanol–water partition coefficient (Wildman–Crippen LogP) is 1.86. The Labute approximate surface area is 127 Å². The summed E-state index contributed by atoms with van der Waals surface area (Å²) >= 11 is 0. The van der Waals surface area contributed by atoms with Gasteiger partial charge in [0.15, 0.2) is 0 Å². The average Bonchev–Trinajstić information content (AvgIpc) is 2.87. The summed E-state index contributed by atoms with van der Waals surface area (Å²) < 4.78 is 0. The van der Waals surface area contributed by atoms with Crippen molar-refractivity contribution >= 4 is 0 Å². The number of fused-ring (bicyclic) bond motifs is 4. The van der Waals surface area contributed by atoms with E-state index in [1.165, 1.54) is 30.5 Å². The molecule has 0 bridgehead atoms. The number of allylic oxidation sites excluding steroid dienone is 2. The van der Waals surface area contributed by atoms with Gasteiger partial charge in [0.2, 0.25) is 0 Å². The van der Waals surface area contributed by atoms with Gasteiger partial charge in [-0.1, -0.05) is 12.0 Å². The first-order valence-corrected chi connectivity index (χ1v) is 8.05. The number of hydrogen-bond donors (Lipinski definition) is 1. The van der Waals surface area contributed by atoms with E-state index in [1.54, 1.807) is 5.57 Å². The fourth-order valence-corrected chi connectivity index (χ4v) is 4.50. The molecular weight excluding hydrogens is 258 g/mol. The number of hydrogen-bond acceptors (Lipinski definition) is 3. The maximum Gasteiger partial charge on any atom is 0.0603 e. The van der Waals surface area contributed by atoms with Crippen LogP contribution < -0.4 is 5.32 Å². The Hall–Kier alpha value is -1.50. The Bertz CT molecular complexity index is 578. The molecule has 4 aliphatic rings. The molecule has 3 heterocycles. The van der Waals surface area contributed by atoms with Crippen LogP contribution in [0.2, 0.25) is 0 Å². The van der Waals surface area contributed by atoms with Crippen molar-refractivity contribution in [1.29, 1.82) is 0 Å². The van der Waals surface area contributed by atoms with Crippen molar-refractivity contribution in [1.82, 2.24) is 15.1 Å². The van der Waals surface area contributed by atoms with Gasteiger partial charge in [0.25, 0.3) is 0 Å². The van der Waals surface area contributed by atoms with Crippen molar-refractivity contribution in [3.63, 3.8) is 0 Å². The van der Waals surface area contributed by atoms with Gasteiger partial charge in [-0.3, -0.25) is 4.90 Å². The molecule has 3 atom stereocenters. The van der Waals surface area contributed by atoms with E-state index < -0.39 is 0 Å². The number of piperazine rings is 1. The summed E-state index contributed by atoms with van der Waals surface area (Å²) in [5, 5.41) is 3.71. The van der Waals surface area contributed by atoms with E-state index in [0.29, 0.717) is 18.1 Å². The quantitative estimate of drug-likeness (QED) is 0.740. The molecule has 1 aliphatic carbocycles. The predicted molar refractivity (Wildman–Crippen MR) is 85.4 cm³/mol. The zero-order chi connectivity index (χ0) is 14.4. The number of nitrogens with one attached hydrogen (secondary N) is 1. The summed E-state index contributed by atoms with van der Waals surface area (Å²) in [6.07, 6.45) is 16.2. The molecule has 110 valence electrons. The van der Waals surface area contributed by atoms with Gasteiger partial charge in [-0.25, -0.2) is 0 Å². The highest BCUT2D eigenvalue weighted by atomic mass is 15.3. The molecule has 21 heavy (non-hydrogen) atoms. The zero-order valence-electron chi connectivity index (χ0n) is 12.7. The summed E-state index contributed by atoms with van der Waals surface area (Å²) in [4.78, 5) is 5.04. The summed E-state index contributed by atoms with van der Waals surface area (Å²) in [6.45, 7) is 5.11. The summed E-state index contributed by atoms with van der Waals surface area (Å²) in [5.41, 5.74) is 4.53. The van der Waals surface area contributed by atoms with Crippen LogP contribution in [0.1, 0.15) is 26.2 Å². The van der Waals surface area contributed by atoms with Crippen molar-refractivity contribution in [3.8, 4) is 12.3 Å². The Morgan fingerprint density at radius 1 is 1.48 bits per heavy atom. The maximum atomic E-state index is 5.61. The molecule has 0 aromatic rings. The molecule has 1 fully saturated rings. The fraction of sp³-hybridized carbons (Fsp3) is 0.556. The molecule has 0 aromatic heterocycles. The second-order valence-electron chi connectivity index (χ2n) is 6.58. The smallest absolute Gasteiger partial charge is 0.0603 e. The number of terminal acetylenes is 1. The molecule has 3 aliphatic heterocycles. The lowest BCUT2D eigenvalue weighted by atomic mass is 9.86. The standard InChI is InChI=1S/C18H23N3/c1-3-9-20-10-8-19-17-13(2)12-21-15-7-5-4-6-14(15)11-16(21)18(17)20/h1,5,7,12,16-19H,4,6,8-11H2,2H3/t16-,17?,18-/m0/s1. The molecule has 0 spiro atoms. The van der Waals surface area contributed by atoms with Crippen molar-refractivity contribution in [2.75, 3.05) is 19.6 Å². The molecule has 0 saturated carbocycles. The molecule has 3 heteroatoms. The molecule has 1 unspecified atom stereocenters. The van der Waals surface area contributed by atoms with Crippen molar-refractivity contribution in [3.05, 3.63) is 35.2 Å². The molecule has 3 nitrogen and oxygen atoms in total. The maximum absolute atomic E-state index is 5.61. The first-order chi connectivity index (χ1) is 10.3. The van der Waals surface area contributed by atoms with Crippen LogP contribution in [0.5, 0.6) is 0 Å². The highest BCUT2D eigenvalue weighted by molar-refractivity contribution is 5.40. The van der Waals surface area contributed by atoms with E-state index in [4.69, 9.17) is 6.42 Å². The van der Waals surface area contributed by atoms with Crippen molar-refractivity contribution < 1.29 is 0 Å². The zero-order valence-corrected chi connectivity index (χ0v) is 12.7.